The highest BCUT2D eigenvalue weighted by atomic mass is 32.1. The fourth-order valence-electron chi connectivity index (χ4n) is 3.18. The first-order chi connectivity index (χ1) is 14.4. The highest BCUT2D eigenvalue weighted by molar-refractivity contribution is 7.15. The first kappa shape index (κ1) is 22.4. The molecule has 0 spiro atoms. The molecule has 164 valence electrons. The second kappa shape index (κ2) is 10.2. The molecule has 0 saturated carbocycles. The number of anilines is 1. The van der Waals surface area contributed by atoms with Crippen molar-refractivity contribution in [3.63, 3.8) is 0 Å². The second-order valence-corrected chi connectivity index (χ2v) is 7.90. The topological polar surface area (TPSA) is 85.4 Å². The molecule has 2 amide bonds. The van der Waals surface area contributed by atoms with E-state index in [1.165, 1.54) is 24.5 Å². The Hall–Kier alpha value is -2.24. The SMILES string of the molecule is COCCC(NC(=O)Nc1nnc(C2CCOCC2)s1)c1cccc(C(F)(F)F)c1. The Morgan fingerprint density at radius 3 is 2.80 bits per heavy atom. The molecule has 0 radical (unpaired) electrons. The van der Waals surface area contributed by atoms with Crippen LogP contribution in [0.2, 0.25) is 0 Å². The van der Waals surface area contributed by atoms with Gasteiger partial charge in [0.2, 0.25) is 5.13 Å². The van der Waals surface area contributed by atoms with E-state index in [-0.39, 0.29) is 12.5 Å². The third-order valence-corrected chi connectivity index (χ3v) is 5.77. The van der Waals surface area contributed by atoms with Crippen LogP contribution in [0.4, 0.5) is 23.1 Å². The molecule has 30 heavy (non-hydrogen) atoms. The van der Waals surface area contributed by atoms with Gasteiger partial charge in [-0.15, -0.1) is 10.2 Å². The average molecular weight is 444 g/mol. The lowest BCUT2D eigenvalue weighted by Crippen LogP contribution is -2.33. The molecule has 1 fully saturated rings. The van der Waals surface area contributed by atoms with Crippen molar-refractivity contribution in [3.05, 3.63) is 40.4 Å². The number of benzene rings is 1. The van der Waals surface area contributed by atoms with Gasteiger partial charge in [-0.05, 0) is 37.0 Å². The van der Waals surface area contributed by atoms with Gasteiger partial charge in [0.1, 0.15) is 5.01 Å². The van der Waals surface area contributed by atoms with Crippen molar-refractivity contribution in [2.45, 2.75) is 37.4 Å². The van der Waals surface area contributed by atoms with Crippen LogP contribution >= 0.6 is 11.3 Å². The van der Waals surface area contributed by atoms with Crippen LogP contribution in [0.25, 0.3) is 0 Å². The van der Waals surface area contributed by atoms with Crippen molar-refractivity contribution in [2.24, 2.45) is 0 Å². The van der Waals surface area contributed by atoms with Crippen LogP contribution in [0.5, 0.6) is 0 Å². The van der Waals surface area contributed by atoms with Gasteiger partial charge < -0.3 is 14.8 Å². The summed E-state index contributed by atoms with van der Waals surface area (Å²) in [4.78, 5) is 12.5. The van der Waals surface area contributed by atoms with Crippen LogP contribution in [0.3, 0.4) is 0 Å². The van der Waals surface area contributed by atoms with E-state index in [1.54, 1.807) is 6.07 Å². The second-order valence-electron chi connectivity index (χ2n) is 6.89. The lowest BCUT2D eigenvalue weighted by atomic mass is 10.0. The zero-order valence-electron chi connectivity index (χ0n) is 16.4. The minimum absolute atomic E-state index is 0.259. The number of aromatic nitrogens is 2. The van der Waals surface area contributed by atoms with E-state index in [1.807, 2.05) is 0 Å². The van der Waals surface area contributed by atoms with Gasteiger partial charge >= 0.3 is 12.2 Å². The number of halogens is 3. The molecule has 1 aliphatic rings. The monoisotopic (exact) mass is 444 g/mol. The van der Waals surface area contributed by atoms with Gasteiger partial charge in [0.15, 0.2) is 0 Å². The van der Waals surface area contributed by atoms with E-state index in [4.69, 9.17) is 9.47 Å². The molecule has 11 heteroatoms. The number of methoxy groups -OCH3 is 1. The van der Waals surface area contributed by atoms with Crippen LogP contribution in [0.15, 0.2) is 24.3 Å². The van der Waals surface area contributed by atoms with Crippen molar-refractivity contribution in [1.29, 1.82) is 0 Å². The average Bonchev–Trinajstić information content (AvgIpc) is 3.19. The van der Waals surface area contributed by atoms with E-state index in [0.29, 0.717) is 30.3 Å². The summed E-state index contributed by atoms with van der Waals surface area (Å²) in [6, 6.07) is 3.68. The third kappa shape index (κ3) is 6.13. The summed E-state index contributed by atoms with van der Waals surface area (Å²) < 4.78 is 49.5. The van der Waals surface area contributed by atoms with E-state index in [0.717, 1.165) is 30.0 Å². The maximum atomic E-state index is 13.0. The minimum Gasteiger partial charge on any atom is -0.385 e. The number of carbonyl (C=O) groups excluding carboxylic acids is 1. The Morgan fingerprint density at radius 2 is 2.10 bits per heavy atom. The largest absolute Gasteiger partial charge is 0.416 e. The molecule has 7 nitrogen and oxygen atoms in total. The van der Waals surface area contributed by atoms with Crippen molar-refractivity contribution in [3.8, 4) is 0 Å². The van der Waals surface area contributed by atoms with Crippen LogP contribution < -0.4 is 10.6 Å². The van der Waals surface area contributed by atoms with Crippen LogP contribution in [-0.4, -0.2) is 43.2 Å². The van der Waals surface area contributed by atoms with Crippen LogP contribution in [0, 0.1) is 0 Å². The van der Waals surface area contributed by atoms with E-state index in [9.17, 15) is 18.0 Å². The third-order valence-electron chi connectivity index (χ3n) is 4.76. The lowest BCUT2D eigenvalue weighted by Gasteiger charge is -2.20. The molecule has 3 rings (SSSR count). The van der Waals surface area contributed by atoms with Gasteiger partial charge in [0, 0.05) is 32.8 Å². The maximum Gasteiger partial charge on any atom is 0.416 e. The van der Waals surface area contributed by atoms with E-state index < -0.39 is 23.8 Å². The van der Waals surface area contributed by atoms with E-state index in [2.05, 4.69) is 20.8 Å². The Morgan fingerprint density at radius 1 is 1.33 bits per heavy atom. The van der Waals surface area contributed by atoms with Gasteiger partial charge in [-0.2, -0.15) is 13.2 Å². The molecule has 0 aliphatic carbocycles. The number of hydrogen-bond donors (Lipinski definition) is 2. The number of amides is 2. The standard InChI is InChI=1S/C19H23F3N4O3S/c1-28-8-7-15(13-3-2-4-14(11-13)19(20,21)22)23-17(27)24-18-26-25-16(30-18)12-5-9-29-10-6-12/h2-4,11-12,15H,5-10H2,1H3,(H2,23,24,26,27). The molecule has 2 N–H and O–H groups in total. The molecule has 1 aromatic carbocycles. The summed E-state index contributed by atoms with van der Waals surface area (Å²) in [5.41, 5.74) is -0.424. The Balaban J connectivity index is 1.66. The van der Waals surface area contributed by atoms with Crippen LogP contribution in [-0.2, 0) is 15.7 Å². The minimum atomic E-state index is -4.46. The number of urea groups is 1. The number of nitrogens with zero attached hydrogens (tertiary/aromatic N) is 2. The van der Waals surface area contributed by atoms with Gasteiger partial charge in [-0.1, -0.05) is 23.5 Å². The summed E-state index contributed by atoms with van der Waals surface area (Å²) in [6.45, 7) is 1.62. The summed E-state index contributed by atoms with van der Waals surface area (Å²) in [5.74, 6) is 0.259. The first-order valence-electron chi connectivity index (χ1n) is 9.51. The number of ether oxygens (including phenoxy) is 2. The van der Waals surface area contributed by atoms with Gasteiger partial charge in [0.05, 0.1) is 11.6 Å². The highest BCUT2D eigenvalue weighted by Crippen LogP contribution is 2.32. The number of rotatable bonds is 7. The zero-order chi connectivity index (χ0) is 21.6. The Kier molecular flexibility index (Phi) is 7.62. The predicted molar refractivity (Wildman–Crippen MR) is 106 cm³/mol. The fourth-order valence-corrected chi connectivity index (χ4v) is 4.08. The molecule has 1 atom stereocenters. The summed E-state index contributed by atoms with van der Waals surface area (Å²) in [7, 11) is 1.49. The van der Waals surface area contributed by atoms with Crippen LogP contribution in [0.1, 0.15) is 47.4 Å². The summed E-state index contributed by atoms with van der Waals surface area (Å²) >= 11 is 1.29. The van der Waals surface area contributed by atoms with E-state index >= 15 is 0 Å². The van der Waals surface area contributed by atoms with Crippen molar-refractivity contribution in [1.82, 2.24) is 15.5 Å². The van der Waals surface area contributed by atoms with Crippen molar-refractivity contribution < 1.29 is 27.4 Å². The molecule has 1 saturated heterocycles. The number of nitrogens with one attached hydrogen (secondary N) is 2. The number of carbonyl (C=O) groups is 1. The fraction of sp³-hybridized carbons (Fsp3) is 0.526. The molecule has 0 bridgehead atoms. The van der Waals surface area contributed by atoms with Crippen molar-refractivity contribution >= 4 is 22.5 Å². The van der Waals surface area contributed by atoms with Crippen molar-refractivity contribution in [2.75, 3.05) is 32.2 Å². The van der Waals surface area contributed by atoms with Gasteiger partial charge in [-0.25, -0.2) is 4.79 Å². The molecular weight excluding hydrogens is 421 g/mol. The summed E-state index contributed by atoms with van der Waals surface area (Å²) in [5, 5.41) is 14.6. The molecule has 1 aliphatic heterocycles. The molecule has 1 unspecified atom stereocenters. The smallest absolute Gasteiger partial charge is 0.385 e. The lowest BCUT2D eigenvalue weighted by molar-refractivity contribution is -0.137. The number of hydrogen-bond acceptors (Lipinski definition) is 6. The van der Waals surface area contributed by atoms with Gasteiger partial charge in [0.25, 0.3) is 0 Å². The highest BCUT2D eigenvalue weighted by Gasteiger charge is 2.31. The predicted octanol–water partition coefficient (Wildman–Crippen LogP) is 4.35. The van der Waals surface area contributed by atoms with Gasteiger partial charge in [-0.3, -0.25) is 5.32 Å². The number of alkyl halides is 3. The quantitative estimate of drug-likeness (QED) is 0.663. The first-order valence-corrected chi connectivity index (χ1v) is 10.3. The molecule has 2 aromatic rings. The molecule has 1 aromatic heterocycles. The maximum absolute atomic E-state index is 13.0. The summed E-state index contributed by atoms with van der Waals surface area (Å²) in [6.07, 6.45) is -2.43. The molecule has 2 heterocycles. The Bertz CT molecular complexity index is 840. The molecular formula is C19H23F3N4O3S. The normalized spacial score (nSPS) is 16.3. The zero-order valence-corrected chi connectivity index (χ0v) is 17.2. The Labute approximate surface area is 176 Å².